The minimum absolute atomic E-state index is 0.630. The van der Waals surface area contributed by atoms with Crippen molar-refractivity contribution in [3.05, 3.63) is 71.8 Å². The second kappa shape index (κ2) is 7.27. The van der Waals surface area contributed by atoms with Gasteiger partial charge in [-0.15, -0.1) is 4.70 Å². The number of rotatable bonds is 7. The van der Waals surface area contributed by atoms with Crippen LogP contribution in [0.25, 0.3) is 0 Å². The smallest absolute Gasteiger partial charge is 0.124 e. The van der Waals surface area contributed by atoms with Gasteiger partial charge in [-0.2, -0.15) is 0 Å². The number of nitrogens with zero attached hydrogens (tertiary/aromatic N) is 4. The first-order valence-corrected chi connectivity index (χ1v) is 8.39. The van der Waals surface area contributed by atoms with Crippen molar-refractivity contribution in [2.24, 2.45) is 15.6 Å². The van der Waals surface area contributed by atoms with E-state index in [9.17, 15) is 0 Å². The Labute approximate surface area is 137 Å². The van der Waals surface area contributed by atoms with Gasteiger partial charge in [0.15, 0.2) is 5.22 Å². The van der Waals surface area contributed by atoms with Gasteiger partial charge in [0.05, 0.1) is 0 Å². The molecule has 0 saturated heterocycles. The van der Waals surface area contributed by atoms with E-state index < -0.39 is 5.66 Å². The summed E-state index contributed by atoms with van der Waals surface area (Å²) in [6.07, 6.45) is 4.80. The predicted octanol–water partition coefficient (Wildman–Crippen LogP) is 5.31. The molecule has 2 aromatic carbocycles. The first-order chi connectivity index (χ1) is 11.4. The number of unbranched alkanes of at least 4 members (excludes halogenated alkanes) is 3. The Bertz CT molecular complexity index is 638. The molecule has 4 heteroatoms. The van der Waals surface area contributed by atoms with Crippen LogP contribution < -0.4 is 0 Å². The Balaban J connectivity index is 1.96. The molecule has 118 valence electrons. The number of hydrogen-bond acceptors (Lipinski definition) is 3. The van der Waals surface area contributed by atoms with Crippen molar-refractivity contribution in [2.45, 2.75) is 38.3 Å². The average Bonchev–Trinajstić information content (AvgIpc) is 3.05. The third-order valence-corrected chi connectivity index (χ3v) is 4.29. The summed E-state index contributed by atoms with van der Waals surface area (Å²) in [5.41, 5.74) is 1.58. The molecular formula is C19H23N4+. The van der Waals surface area contributed by atoms with Crippen LogP contribution in [0, 0.1) is 0 Å². The lowest BCUT2D eigenvalue weighted by atomic mass is 9.91. The largest absolute Gasteiger partial charge is 0.312 e. The topological polar surface area (TPSA) is 40.1 Å². The van der Waals surface area contributed by atoms with E-state index in [0.717, 1.165) is 24.1 Å². The molecular weight excluding hydrogens is 284 g/mol. The van der Waals surface area contributed by atoms with Crippen LogP contribution >= 0.6 is 0 Å². The van der Waals surface area contributed by atoms with Crippen LogP contribution in [0.3, 0.4) is 0 Å². The number of hydrogen-bond donors (Lipinski definition) is 0. The maximum Gasteiger partial charge on any atom is 0.312 e. The fraction of sp³-hybridized carbons (Fsp3) is 0.368. The molecule has 3 rings (SSSR count). The van der Waals surface area contributed by atoms with Crippen LogP contribution in [0.1, 0.15) is 43.7 Å². The Morgan fingerprint density at radius 1 is 0.826 bits per heavy atom. The molecule has 1 aliphatic rings. The van der Waals surface area contributed by atoms with E-state index in [1.54, 1.807) is 0 Å². The lowest BCUT2D eigenvalue weighted by Gasteiger charge is -2.23. The third-order valence-electron chi connectivity index (χ3n) is 4.29. The summed E-state index contributed by atoms with van der Waals surface area (Å²) in [6, 6.07) is 20.6. The standard InChI is InChI=1S/C19H23N4/c1-2-3-4-11-16-23-19(20-21-22-23,17-12-7-5-8-13-17)18-14-9-6-10-15-18/h5-10,12-15H,2-4,11,16H2,1H3/q+1. The van der Waals surface area contributed by atoms with E-state index in [2.05, 4.69) is 46.7 Å². The molecule has 4 nitrogen and oxygen atoms in total. The molecule has 0 bridgehead atoms. The summed E-state index contributed by atoms with van der Waals surface area (Å²) in [4.78, 5) is 0. The van der Waals surface area contributed by atoms with Gasteiger partial charge >= 0.3 is 5.66 Å². The molecule has 23 heavy (non-hydrogen) atoms. The third kappa shape index (κ3) is 3.07. The minimum Gasteiger partial charge on any atom is -0.124 e. The van der Waals surface area contributed by atoms with E-state index >= 15 is 0 Å². The first-order valence-electron chi connectivity index (χ1n) is 8.39. The second-order valence-corrected chi connectivity index (χ2v) is 5.87. The molecule has 0 atom stereocenters. The van der Waals surface area contributed by atoms with Gasteiger partial charge in [-0.3, -0.25) is 0 Å². The van der Waals surface area contributed by atoms with Gasteiger partial charge in [0.25, 0.3) is 0 Å². The van der Waals surface area contributed by atoms with Crippen LogP contribution in [0.15, 0.2) is 76.2 Å². The van der Waals surface area contributed by atoms with Gasteiger partial charge in [-0.25, -0.2) is 0 Å². The normalized spacial score (nSPS) is 15.6. The molecule has 0 radical (unpaired) electrons. The van der Waals surface area contributed by atoms with Gasteiger partial charge in [0.2, 0.25) is 5.22 Å². The van der Waals surface area contributed by atoms with E-state index in [0.29, 0.717) is 0 Å². The molecule has 0 aliphatic carbocycles. The molecule has 1 aliphatic heterocycles. The van der Waals surface area contributed by atoms with Crippen molar-refractivity contribution in [1.29, 1.82) is 0 Å². The molecule has 0 fully saturated rings. The van der Waals surface area contributed by atoms with Crippen molar-refractivity contribution >= 4 is 0 Å². The summed E-state index contributed by atoms with van der Waals surface area (Å²) < 4.78 is 2.04. The molecule has 0 aromatic heterocycles. The number of benzene rings is 2. The molecule has 0 saturated carbocycles. The Morgan fingerprint density at radius 2 is 1.43 bits per heavy atom. The van der Waals surface area contributed by atoms with Gasteiger partial charge in [0.1, 0.15) is 6.54 Å². The van der Waals surface area contributed by atoms with Gasteiger partial charge in [-0.05, 0) is 12.8 Å². The Kier molecular flexibility index (Phi) is 4.91. The van der Waals surface area contributed by atoms with Crippen LogP contribution in [0.4, 0.5) is 0 Å². The molecule has 0 N–H and O–H groups in total. The van der Waals surface area contributed by atoms with Crippen molar-refractivity contribution in [3.8, 4) is 0 Å². The van der Waals surface area contributed by atoms with E-state index in [1.165, 1.54) is 19.3 Å². The van der Waals surface area contributed by atoms with Crippen molar-refractivity contribution < 1.29 is 4.70 Å². The van der Waals surface area contributed by atoms with Crippen molar-refractivity contribution in [1.82, 2.24) is 0 Å². The first kappa shape index (κ1) is 15.5. The maximum atomic E-state index is 4.57. The minimum atomic E-state index is -0.630. The Hall–Kier alpha value is -2.36. The average molecular weight is 307 g/mol. The van der Waals surface area contributed by atoms with Gasteiger partial charge in [-0.1, -0.05) is 80.4 Å². The SMILES string of the molecule is CCCCCC[N+]1=NN=NC1(c1ccccc1)c1ccccc1. The quantitative estimate of drug-likeness (QED) is 0.491. The summed E-state index contributed by atoms with van der Waals surface area (Å²) in [7, 11) is 0. The summed E-state index contributed by atoms with van der Waals surface area (Å²) in [5.74, 6) is 0. The zero-order valence-electron chi connectivity index (χ0n) is 13.6. The zero-order valence-corrected chi connectivity index (χ0v) is 13.6. The highest BCUT2D eigenvalue weighted by atomic mass is 15.6. The summed E-state index contributed by atoms with van der Waals surface area (Å²) >= 11 is 0. The van der Waals surface area contributed by atoms with E-state index in [-0.39, 0.29) is 0 Å². The fourth-order valence-electron chi connectivity index (χ4n) is 3.07. The summed E-state index contributed by atoms with van der Waals surface area (Å²) in [6.45, 7) is 3.08. The molecule has 2 aromatic rings. The molecule has 0 unspecified atom stereocenters. The van der Waals surface area contributed by atoms with Gasteiger partial charge in [0, 0.05) is 16.2 Å². The Morgan fingerprint density at radius 3 is 2.00 bits per heavy atom. The van der Waals surface area contributed by atoms with Crippen LogP contribution in [0.2, 0.25) is 0 Å². The fourth-order valence-corrected chi connectivity index (χ4v) is 3.07. The van der Waals surface area contributed by atoms with E-state index in [4.69, 9.17) is 0 Å². The highest BCUT2D eigenvalue weighted by Gasteiger charge is 2.49. The highest BCUT2D eigenvalue weighted by molar-refractivity contribution is 5.35. The lowest BCUT2D eigenvalue weighted by molar-refractivity contribution is -0.655. The molecule has 1 heterocycles. The van der Waals surface area contributed by atoms with E-state index in [1.807, 2.05) is 41.1 Å². The predicted molar refractivity (Wildman–Crippen MR) is 90.2 cm³/mol. The molecule has 0 spiro atoms. The highest BCUT2D eigenvalue weighted by Crippen LogP contribution is 2.38. The van der Waals surface area contributed by atoms with Crippen molar-refractivity contribution in [2.75, 3.05) is 6.54 Å². The lowest BCUT2D eigenvalue weighted by Crippen LogP contribution is -2.36. The van der Waals surface area contributed by atoms with Crippen LogP contribution in [-0.4, -0.2) is 11.2 Å². The van der Waals surface area contributed by atoms with Crippen LogP contribution in [-0.2, 0) is 5.66 Å². The molecule has 0 amide bonds. The van der Waals surface area contributed by atoms with Gasteiger partial charge < -0.3 is 0 Å². The monoisotopic (exact) mass is 307 g/mol. The zero-order chi connectivity index (χ0) is 16.0. The summed E-state index contributed by atoms with van der Waals surface area (Å²) in [5, 5.41) is 12.9. The van der Waals surface area contributed by atoms with Crippen molar-refractivity contribution in [3.63, 3.8) is 0 Å². The maximum absolute atomic E-state index is 4.57. The van der Waals surface area contributed by atoms with Crippen LogP contribution in [0.5, 0.6) is 0 Å². The second-order valence-electron chi connectivity index (χ2n) is 5.87.